The smallest absolute Gasteiger partial charge is 0.220 e. The summed E-state index contributed by atoms with van der Waals surface area (Å²) in [7, 11) is 0. The molecule has 3 saturated heterocycles. The molecule has 5 atom stereocenters. The van der Waals surface area contributed by atoms with Crippen molar-refractivity contribution in [2.24, 2.45) is 17.4 Å². The molecule has 0 saturated carbocycles. The third kappa shape index (κ3) is 2.25. The number of nitrogens with zero attached hydrogens (tertiary/aromatic N) is 1. The number of rotatable bonds is 2. The molecular weight excluding hydrogens is 250 g/mol. The molecule has 7 heteroatoms. The Morgan fingerprint density at radius 1 is 1.32 bits per heavy atom. The molecule has 3 aliphatic rings. The lowest BCUT2D eigenvalue weighted by molar-refractivity contribution is -0.181. The Bertz CT molecular complexity index is 359. The fourth-order valence-electron chi connectivity index (χ4n) is 3.30. The van der Waals surface area contributed by atoms with Gasteiger partial charge < -0.3 is 26.0 Å². The highest BCUT2D eigenvalue weighted by molar-refractivity contribution is 5.76. The van der Waals surface area contributed by atoms with Gasteiger partial charge in [0.2, 0.25) is 5.91 Å². The zero-order valence-electron chi connectivity index (χ0n) is 10.8. The van der Waals surface area contributed by atoms with Crippen molar-refractivity contribution >= 4 is 5.91 Å². The first-order valence-electron chi connectivity index (χ1n) is 6.82. The van der Waals surface area contributed by atoms with Gasteiger partial charge in [-0.1, -0.05) is 0 Å². The summed E-state index contributed by atoms with van der Waals surface area (Å²) in [5, 5.41) is 10.3. The van der Waals surface area contributed by atoms with E-state index in [1.54, 1.807) is 0 Å². The van der Waals surface area contributed by atoms with Gasteiger partial charge in [-0.3, -0.25) is 9.69 Å². The highest BCUT2D eigenvalue weighted by Gasteiger charge is 2.51. The molecule has 3 fully saturated rings. The molecule has 0 unspecified atom stereocenters. The van der Waals surface area contributed by atoms with Crippen LogP contribution in [0.25, 0.3) is 0 Å². The number of hydrogen-bond donors (Lipinski definition) is 3. The summed E-state index contributed by atoms with van der Waals surface area (Å²) in [4.78, 5) is 13.3. The maximum absolute atomic E-state index is 11.2. The molecule has 3 aliphatic heterocycles. The van der Waals surface area contributed by atoms with Gasteiger partial charge in [-0.15, -0.1) is 0 Å². The van der Waals surface area contributed by atoms with E-state index in [1.807, 2.05) is 0 Å². The molecule has 3 heterocycles. The fourth-order valence-corrected chi connectivity index (χ4v) is 3.30. The Balaban J connectivity index is 1.67. The van der Waals surface area contributed by atoms with E-state index >= 15 is 0 Å². The highest BCUT2D eigenvalue weighted by atomic mass is 16.7. The number of nitrogens with two attached hydrogens (primary N) is 2. The van der Waals surface area contributed by atoms with Crippen molar-refractivity contribution in [1.82, 2.24) is 4.90 Å². The van der Waals surface area contributed by atoms with Gasteiger partial charge in [-0.25, -0.2) is 0 Å². The van der Waals surface area contributed by atoms with Gasteiger partial charge in [-0.05, 0) is 25.9 Å². The molecule has 0 aromatic heterocycles. The number of amides is 1. The lowest BCUT2D eigenvalue weighted by Gasteiger charge is -2.44. The number of likely N-dealkylation sites (tertiary alicyclic amines) is 1. The Morgan fingerprint density at radius 3 is 2.63 bits per heavy atom. The number of aliphatic hydroxyl groups excluding tert-OH is 1. The molecule has 0 aromatic rings. The van der Waals surface area contributed by atoms with Crippen molar-refractivity contribution in [2.75, 3.05) is 19.7 Å². The molecule has 1 amide bonds. The number of primary amides is 1. The van der Waals surface area contributed by atoms with Crippen LogP contribution in [-0.2, 0) is 14.3 Å². The first kappa shape index (κ1) is 13.3. The quantitative estimate of drug-likeness (QED) is 0.535. The van der Waals surface area contributed by atoms with Crippen LogP contribution in [0.2, 0.25) is 0 Å². The van der Waals surface area contributed by atoms with Gasteiger partial charge in [0.1, 0.15) is 6.10 Å². The number of fused-ring (bicyclic) bond motifs is 2. The van der Waals surface area contributed by atoms with Crippen LogP contribution in [0, 0.1) is 5.92 Å². The normalized spacial score (nSPS) is 44.4. The van der Waals surface area contributed by atoms with E-state index in [0.717, 1.165) is 0 Å². The summed E-state index contributed by atoms with van der Waals surface area (Å²) in [6, 6.07) is -0.666. The average Bonchev–Trinajstić information content (AvgIpc) is 2.83. The van der Waals surface area contributed by atoms with Crippen LogP contribution in [0.5, 0.6) is 0 Å². The van der Waals surface area contributed by atoms with E-state index in [1.165, 1.54) is 0 Å². The Morgan fingerprint density at radius 2 is 2.00 bits per heavy atom. The van der Waals surface area contributed by atoms with Crippen molar-refractivity contribution in [1.29, 1.82) is 0 Å². The first-order valence-corrected chi connectivity index (χ1v) is 6.82. The molecule has 0 radical (unpaired) electrons. The van der Waals surface area contributed by atoms with Crippen LogP contribution < -0.4 is 11.5 Å². The first-order chi connectivity index (χ1) is 9.08. The summed E-state index contributed by atoms with van der Waals surface area (Å²) in [5.41, 5.74) is 11.3. The molecule has 19 heavy (non-hydrogen) atoms. The molecule has 3 rings (SSSR count). The monoisotopic (exact) mass is 271 g/mol. The molecule has 0 aromatic carbocycles. The second kappa shape index (κ2) is 4.99. The summed E-state index contributed by atoms with van der Waals surface area (Å²) >= 11 is 0. The van der Waals surface area contributed by atoms with E-state index in [4.69, 9.17) is 20.9 Å². The number of piperidine rings is 1. The van der Waals surface area contributed by atoms with Gasteiger partial charge in [0.05, 0.1) is 24.8 Å². The van der Waals surface area contributed by atoms with Crippen LogP contribution >= 0.6 is 0 Å². The highest BCUT2D eigenvalue weighted by Crippen LogP contribution is 2.32. The maximum atomic E-state index is 11.2. The van der Waals surface area contributed by atoms with Crippen molar-refractivity contribution in [2.45, 2.75) is 43.4 Å². The Kier molecular flexibility index (Phi) is 3.48. The zero-order valence-corrected chi connectivity index (χ0v) is 10.8. The van der Waals surface area contributed by atoms with Crippen molar-refractivity contribution in [3.05, 3.63) is 0 Å². The number of ether oxygens (including phenoxy) is 2. The maximum Gasteiger partial charge on any atom is 0.220 e. The molecule has 7 nitrogen and oxygen atoms in total. The van der Waals surface area contributed by atoms with E-state index < -0.39 is 18.4 Å². The van der Waals surface area contributed by atoms with Crippen LogP contribution in [0.15, 0.2) is 0 Å². The predicted molar refractivity (Wildman–Crippen MR) is 65.9 cm³/mol. The number of carbonyl (C=O) groups is 1. The summed E-state index contributed by atoms with van der Waals surface area (Å²) in [6.07, 6.45) is 0.147. The third-order valence-corrected chi connectivity index (χ3v) is 4.54. The largest absolute Gasteiger partial charge is 0.390 e. The second-order valence-electron chi connectivity index (χ2n) is 5.65. The van der Waals surface area contributed by atoms with Crippen LogP contribution in [-0.4, -0.2) is 66.2 Å². The minimum Gasteiger partial charge on any atom is -0.390 e. The molecular formula is C12H21N3O4. The molecule has 0 aliphatic carbocycles. The summed E-state index contributed by atoms with van der Waals surface area (Å²) in [5.74, 6) is -0.308. The number of hydrogen-bond acceptors (Lipinski definition) is 6. The van der Waals surface area contributed by atoms with Gasteiger partial charge in [0.25, 0.3) is 0 Å². The van der Waals surface area contributed by atoms with Crippen LogP contribution in [0.1, 0.15) is 12.8 Å². The fraction of sp³-hybridized carbons (Fsp3) is 0.917. The Labute approximate surface area is 111 Å². The van der Waals surface area contributed by atoms with Gasteiger partial charge in [0.15, 0.2) is 6.29 Å². The number of aliphatic hydroxyl groups is 1. The topological polar surface area (TPSA) is 111 Å². The Hall–Kier alpha value is -0.730. The number of carbonyl (C=O) groups excluding carboxylic acids is 1. The summed E-state index contributed by atoms with van der Waals surface area (Å²) in [6.45, 7) is 1.85. The van der Waals surface area contributed by atoms with Gasteiger partial charge >= 0.3 is 0 Å². The average molecular weight is 271 g/mol. The third-order valence-electron chi connectivity index (χ3n) is 4.54. The van der Waals surface area contributed by atoms with Gasteiger partial charge in [-0.2, -0.15) is 0 Å². The molecule has 2 bridgehead atoms. The molecule has 108 valence electrons. The lowest BCUT2D eigenvalue weighted by Crippen LogP contribution is -2.64. The summed E-state index contributed by atoms with van der Waals surface area (Å²) < 4.78 is 11.2. The zero-order chi connectivity index (χ0) is 13.6. The van der Waals surface area contributed by atoms with E-state index in [0.29, 0.717) is 32.5 Å². The minimum absolute atomic E-state index is 0.0659. The lowest BCUT2D eigenvalue weighted by atomic mass is 9.91. The van der Waals surface area contributed by atoms with E-state index in [2.05, 4.69) is 4.90 Å². The van der Waals surface area contributed by atoms with Crippen molar-refractivity contribution in [3.63, 3.8) is 0 Å². The standard InChI is InChI=1S/C12H21N3O4/c13-8-7-5-18-12(19-7)9(10(8)16)15-3-1-6(2-4-15)11(14)17/h6-10,12,16H,1-5,13H2,(H2,14,17)/t7-,8-,9-,10+,12-/m1/s1. The van der Waals surface area contributed by atoms with E-state index in [-0.39, 0.29) is 24.0 Å². The van der Waals surface area contributed by atoms with E-state index in [9.17, 15) is 9.90 Å². The second-order valence-corrected chi connectivity index (χ2v) is 5.65. The van der Waals surface area contributed by atoms with Crippen LogP contribution in [0.4, 0.5) is 0 Å². The SMILES string of the molecule is NC(=O)C1CCN([C@H]2[C@@H]3OC[C@@H](O3)[C@@H](N)[C@@H]2O)CC1. The van der Waals surface area contributed by atoms with Gasteiger partial charge in [0, 0.05) is 5.92 Å². The molecule has 0 spiro atoms. The van der Waals surface area contributed by atoms with Crippen LogP contribution in [0.3, 0.4) is 0 Å². The minimum atomic E-state index is -0.656. The van der Waals surface area contributed by atoms with Crippen molar-refractivity contribution in [3.8, 4) is 0 Å². The predicted octanol–water partition coefficient (Wildman–Crippen LogP) is -2.00. The van der Waals surface area contributed by atoms with Crippen molar-refractivity contribution < 1.29 is 19.4 Å². The molecule has 5 N–H and O–H groups in total.